The molecule has 5 aromatic rings. The Morgan fingerprint density at radius 3 is 2.69 bits per heavy atom. The van der Waals surface area contributed by atoms with Gasteiger partial charge in [0.15, 0.2) is 11.5 Å². The van der Waals surface area contributed by atoms with Crippen LogP contribution in [0.2, 0.25) is 0 Å². The second kappa shape index (κ2) is 5.74. The molecule has 0 N–H and O–H groups in total. The van der Waals surface area contributed by atoms with Gasteiger partial charge < -0.3 is 4.57 Å². The summed E-state index contributed by atoms with van der Waals surface area (Å²) in [6, 6.07) is 8.12. The van der Waals surface area contributed by atoms with Crippen LogP contribution in [0.4, 0.5) is 0 Å². The first-order valence-corrected chi connectivity index (χ1v) is 9.24. The second-order valence-corrected chi connectivity index (χ2v) is 7.22. The molecule has 0 aliphatic heterocycles. The van der Waals surface area contributed by atoms with Gasteiger partial charge >= 0.3 is 0 Å². The van der Waals surface area contributed by atoms with E-state index in [1.54, 1.807) is 22.2 Å². The van der Waals surface area contributed by atoms with Crippen molar-refractivity contribution in [1.82, 2.24) is 29.1 Å². The summed E-state index contributed by atoms with van der Waals surface area (Å²) in [5.41, 5.74) is 5.37. The monoisotopic (exact) mass is 360 g/mol. The van der Waals surface area contributed by atoms with Gasteiger partial charge in [0.25, 0.3) is 0 Å². The van der Waals surface area contributed by atoms with Crippen LogP contribution in [-0.2, 0) is 6.54 Å². The zero-order chi connectivity index (χ0) is 17.7. The van der Waals surface area contributed by atoms with Gasteiger partial charge in [-0.25, -0.2) is 14.5 Å². The van der Waals surface area contributed by atoms with Gasteiger partial charge in [-0.05, 0) is 48.6 Å². The quantitative estimate of drug-likeness (QED) is 0.490. The van der Waals surface area contributed by atoms with Gasteiger partial charge in [0.05, 0.1) is 10.3 Å². The van der Waals surface area contributed by atoms with Crippen molar-refractivity contribution >= 4 is 28.0 Å². The van der Waals surface area contributed by atoms with Crippen LogP contribution in [0.3, 0.4) is 0 Å². The Hall–Kier alpha value is -3.06. The molecule has 0 saturated carbocycles. The van der Waals surface area contributed by atoms with Crippen LogP contribution in [-0.4, -0.2) is 29.1 Å². The first kappa shape index (κ1) is 15.2. The lowest BCUT2D eigenvalue weighted by Crippen LogP contribution is -2.03. The standard InChI is InChI=1S/C19H16N6S/c1-12-13(2)24(10-14-5-7-20-8-6-14)18-16(12)19-22-17(15-4-3-9-26-15)23-25(19)11-21-18/h3-9,11H,10H2,1-2H3. The van der Waals surface area contributed by atoms with E-state index in [-0.39, 0.29) is 0 Å². The van der Waals surface area contributed by atoms with E-state index in [1.165, 1.54) is 16.8 Å². The highest BCUT2D eigenvalue weighted by Crippen LogP contribution is 2.29. The lowest BCUT2D eigenvalue weighted by molar-refractivity contribution is 0.786. The number of thiophene rings is 1. The molecular weight excluding hydrogens is 344 g/mol. The second-order valence-electron chi connectivity index (χ2n) is 6.28. The van der Waals surface area contributed by atoms with Crippen molar-refractivity contribution < 1.29 is 0 Å². The van der Waals surface area contributed by atoms with Crippen LogP contribution in [0.5, 0.6) is 0 Å². The predicted molar refractivity (Wildman–Crippen MR) is 102 cm³/mol. The van der Waals surface area contributed by atoms with Crippen molar-refractivity contribution in [1.29, 1.82) is 0 Å². The zero-order valence-corrected chi connectivity index (χ0v) is 15.2. The Morgan fingerprint density at radius 2 is 1.92 bits per heavy atom. The fraction of sp³-hybridized carbons (Fsp3) is 0.158. The van der Waals surface area contributed by atoms with Crippen LogP contribution in [0.25, 0.3) is 27.4 Å². The molecule has 0 spiro atoms. The summed E-state index contributed by atoms with van der Waals surface area (Å²) in [5.74, 6) is 0.744. The topological polar surface area (TPSA) is 60.9 Å². The Labute approximate surface area is 153 Å². The average molecular weight is 360 g/mol. The number of aromatic nitrogens is 6. The lowest BCUT2D eigenvalue weighted by Gasteiger charge is -2.07. The van der Waals surface area contributed by atoms with E-state index in [4.69, 9.17) is 9.97 Å². The molecular formula is C19H16N6S. The first-order chi connectivity index (χ1) is 12.7. The minimum absolute atomic E-state index is 0.744. The average Bonchev–Trinajstić information content (AvgIpc) is 3.37. The summed E-state index contributed by atoms with van der Waals surface area (Å²) >= 11 is 1.64. The third-order valence-electron chi connectivity index (χ3n) is 4.78. The molecule has 0 aromatic carbocycles. The lowest BCUT2D eigenvalue weighted by atomic mass is 10.2. The number of aryl methyl sites for hydroxylation is 1. The molecule has 5 aromatic heterocycles. The maximum atomic E-state index is 4.80. The van der Waals surface area contributed by atoms with Crippen molar-refractivity contribution in [3.63, 3.8) is 0 Å². The van der Waals surface area contributed by atoms with E-state index in [0.29, 0.717) is 0 Å². The highest BCUT2D eigenvalue weighted by Gasteiger charge is 2.18. The van der Waals surface area contributed by atoms with Crippen molar-refractivity contribution in [2.75, 3.05) is 0 Å². The molecule has 6 nitrogen and oxygen atoms in total. The van der Waals surface area contributed by atoms with Gasteiger partial charge in [-0.1, -0.05) is 6.07 Å². The molecule has 0 radical (unpaired) electrons. The van der Waals surface area contributed by atoms with E-state index >= 15 is 0 Å². The first-order valence-electron chi connectivity index (χ1n) is 8.36. The summed E-state index contributed by atoms with van der Waals surface area (Å²) in [6.07, 6.45) is 5.39. The molecule has 0 fully saturated rings. The summed E-state index contributed by atoms with van der Waals surface area (Å²) in [7, 11) is 0. The normalized spacial score (nSPS) is 11.6. The van der Waals surface area contributed by atoms with Crippen molar-refractivity contribution in [3.8, 4) is 10.7 Å². The molecule has 0 aliphatic carbocycles. The molecule has 0 bridgehead atoms. The van der Waals surface area contributed by atoms with Crippen molar-refractivity contribution in [2.24, 2.45) is 0 Å². The molecule has 5 heterocycles. The Bertz CT molecular complexity index is 1220. The minimum atomic E-state index is 0.744. The summed E-state index contributed by atoms with van der Waals surface area (Å²) < 4.78 is 4.01. The number of fused-ring (bicyclic) bond motifs is 3. The van der Waals surface area contributed by atoms with Crippen LogP contribution in [0.1, 0.15) is 16.8 Å². The van der Waals surface area contributed by atoms with Gasteiger partial charge in [0, 0.05) is 24.6 Å². The number of hydrogen-bond donors (Lipinski definition) is 0. The van der Waals surface area contributed by atoms with Crippen LogP contribution < -0.4 is 0 Å². The van der Waals surface area contributed by atoms with Crippen molar-refractivity contribution in [2.45, 2.75) is 20.4 Å². The molecule has 128 valence electrons. The maximum Gasteiger partial charge on any atom is 0.192 e. The summed E-state index contributed by atoms with van der Waals surface area (Å²) in [5, 5.41) is 7.71. The molecule has 0 unspecified atom stereocenters. The smallest absolute Gasteiger partial charge is 0.192 e. The molecule has 7 heteroatoms. The fourth-order valence-electron chi connectivity index (χ4n) is 3.30. The molecule has 5 rings (SSSR count). The van der Waals surface area contributed by atoms with Crippen molar-refractivity contribution in [3.05, 3.63) is 65.2 Å². The van der Waals surface area contributed by atoms with E-state index in [9.17, 15) is 0 Å². The molecule has 0 atom stereocenters. The van der Waals surface area contributed by atoms with E-state index < -0.39 is 0 Å². The summed E-state index contributed by atoms with van der Waals surface area (Å²) in [4.78, 5) is 14.7. The van der Waals surface area contributed by atoms with Gasteiger partial charge in [-0.3, -0.25) is 4.98 Å². The third kappa shape index (κ3) is 2.24. The minimum Gasteiger partial charge on any atom is -0.325 e. The summed E-state index contributed by atoms with van der Waals surface area (Å²) in [6.45, 7) is 5.01. The van der Waals surface area contributed by atoms with Gasteiger partial charge in [-0.2, -0.15) is 0 Å². The van der Waals surface area contributed by atoms with E-state index in [2.05, 4.69) is 28.5 Å². The highest BCUT2D eigenvalue weighted by molar-refractivity contribution is 7.13. The number of rotatable bonds is 3. The molecule has 0 saturated heterocycles. The number of pyridine rings is 1. The Morgan fingerprint density at radius 1 is 1.08 bits per heavy atom. The third-order valence-corrected chi connectivity index (χ3v) is 5.64. The van der Waals surface area contributed by atoms with Crippen LogP contribution >= 0.6 is 11.3 Å². The van der Waals surface area contributed by atoms with Crippen LogP contribution in [0, 0.1) is 13.8 Å². The predicted octanol–water partition coefficient (Wildman–Crippen LogP) is 3.87. The Kier molecular flexibility index (Phi) is 3.36. The van der Waals surface area contributed by atoms with Gasteiger partial charge in [0.2, 0.25) is 0 Å². The molecule has 0 amide bonds. The SMILES string of the molecule is Cc1c(C)n(Cc2ccncc2)c2ncn3nc(-c4cccs4)nc3c12. The van der Waals surface area contributed by atoms with Crippen LogP contribution in [0.15, 0.2) is 48.4 Å². The zero-order valence-electron chi connectivity index (χ0n) is 14.4. The maximum absolute atomic E-state index is 4.80. The van der Waals surface area contributed by atoms with Gasteiger partial charge in [-0.15, -0.1) is 16.4 Å². The largest absolute Gasteiger partial charge is 0.325 e. The molecule has 0 aliphatic rings. The highest BCUT2D eigenvalue weighted by atomic mass is 32.1. The number of nitrogens with zero attached hydrogens (tertiary/aromatic N) is 6. The number of hydrogen-bond acceptors (Lipinski definition) is 5. The van der Waals surface area contributed by atoms with E-state index in [1.807, 2.05) is 42.0 Å². The van der Waals surface area contributed by atoms with E-state index in [0.717, 1.165) is 33.9 Å². The Balaban J connectivity index is 1.73. The fourth-order valence-corrected chi connectivity index (χ4v) is 3.96. The molecule has 26 heavy (non-hydrogen) atoms. The van der Waals surface area contributed by atoms with Gasteiger partial charge in [0.1, 0.15) is 12.0 Å².